The molecular weight excluding hydrogens is 345 g/mol. The summed E-state index contributed by atoms with van der Waals surface area (Å²) in [6.07, 6.45) is 0.801. The van der Waals surface area contributed by atoms with E-state index in [0.717, 1.165) is 23.7 Å². The fourth-order valence-electron chi connectivity index (χ4n) is 2.80. The highest BCUT2D eigenvalue weighted by Crippen LogP contribution is 2.27. The van der Waals surface area contributed by atoms with Crippen molar-refractivity contribution in [2.75, 3.05) is 16.8 Å². The van der Waals surface area contributed by atoms with Crippen molar-refractivity contribution < 1.29 is 14.0 Å². The first-order chi connectivity index (χ1) is 12.0. The van der Waals surface area contributed by atoms with E-state index >= 15 is 0 Å². The molecule has 0 radical (unpaired) electrons. The summed E-state index contributed by atoms with van der Waals surface area (Å²) >= 11 is 5.68. The van der Waals surface area contributed by atoms with Crippen LogP contribution < -0.4 is 15.5 Å². The van der Waals surface area contributed by atoms with Gasteiger partial charge in [-0.25, -0.2) is 9.18 Å². The van der Waals surface area contributed by atoms with Gasteiger partial charge in [-0.15, -0.1) is 0 Å². The third-order valence-electron chi connectivity index (χ3n) is 4.05. The number of carbonyl (C=O) groups is 2. The number of urea groups is 1. The van der Waals surface area contributed by atoms with Crippen LogP contribution in [0.3, 0.4) is 0 Å². The maximum atomic E-state index is 13.1. The van der Waals surface area contributed by atoms with Gasteiger partial charge < -0.3 is 15.5 Å². The number of rotatable bonds is 3. The zero-order valence-electron chi connectivity index (χ0n) is 13.6. The Balaban J connectivity index is 1.62. The van der Waals surface area contributed by atoms with E-state index in [0.29, 0.717) is 12.2 Å². The number of nitrogens with zero attached hydrogens (tertiary/aromatic N) is 1. The first-order valence-electron chi connectivity index (χ1n) is 7.87. The molecule has 0 aliphatic carbocycles. The molecule has 1 aliphatic heterocycles. The molecule has 5 nitrogen and oxygen atoms in total. The minimum Gasteiger partial charge on any atom is -0.326 e. The summed E-state index contributed by atoms with van der Waals surface area (Å²) in [6.45, 7) is 2.22. The maximum absolute atomic E-state index is 13.1. The summed E-state index contributed by atoms with van der Waals surface area (Å²) in [5.74, 6) is -0.749. The lowest BCUT2D eigenvalue weighted by Gasteiger charge is -2.22. The first-order valence-corrected chi connectivity index (χ1v) is 8.25. The Morgan fingerprint density at radius 2 is 2.00 bits per heavy atom. The van der Waals surface area contributed by atoms with Crippen LogP contribution >= 0.6 is 11.6 Å². The molecule has 3 rings (SSSR count). The van der Waals surface area contributed by atoms with Gasteiger partial charge in [-0.3, -0.25) is 4.79 Å². The normalized spacial score (nSPS) is 14.0. The number of anilines is 2. The summed E-state index contributed by atoms with van der Waals surface area (Å²) < 4.78 is 13.1. The van der Waals surface area contributed by atoms with Crippen LogP contribution in [0, 0.1) is 5.82 Å². The Hall–Kier alpha value is -2.60. The summed E-state index contributed by atoms with van der Waals surface area (Å²) in [7, 11) is 0. The van der Waals surface area contributed by atoms with Crippen LogP contribution in [-0.4, -0.2) is 24.5 Å². The number of nitrogens with one attached hydrogen (secondary N) is 2. The molecule has 3 amide bonds. The van der Waals surface area contributed by atoms with Crippen LogP contribution in [0.5, 0.6) is 0 Å². The van der Waals surface area contributed by atoms with Crippen LogP contribution in [0.4, 0.5) is 20.6 Å². The zero-order chi connectivity index (χ0) is 18.0. The van der Waals surface area contributed by atoms with E-state index in [9.17, 15) is 14.0 Å². The molecule has 0 bridgehead atoms. The smallest absolute Gasteiger partial charge is 0.319 e. The van der Waals surface area contributed by atoms with Crippen LogP contribution in [-0.2, 0) is 11.2 Å². The molecular formula is C18H17ClFN3O2. The second-order valence-corrected chi connectivity index (χ2v) is 6.22. The minimum absolute atomic E-state index is 0.0874. The number of para-hydroxylation sites is 1. The number of fused-ring (bicyclic) bond motifs is 1. The van der Waals surface area contributed by atoms with Crippen LogP contribution in [0.25, 0.3) is 0 Å². The molecule has 7 heteroatoms. The van der Waals surface area contributed by atoms with E-state index in [1.807, 2.05) is 24.3 Å². The molecule has 0 saturated heterocycles. The third-order valence-corrected chi connectivity index (χ3v) is 4.34. The zero-order valence-corrected chi connectivity index (χ0v) is 14.3. The molecule has 1 atom stereocenters. The van der Waals surface area contributed by atoms with Gasteiger partial charge in [-0.2, -0.15) is 0 Å². The Kier molecular flexibility index (Phi) is 4.90. The molecule has 0 spiro atoms. The van der Waals surface area contributed by atoms with Crippen molar-refractivity contribution in [1.29, 1.82) is 0 Å². The molecule has 1 heterocycles. The lowest BCUT2D eigenvalue weighted by molar-refractivity contribution is -0.119. The molecule has 0 saturated carbocycles. The Morgan fingerprint density at radius 1 is 1.24 bits per heavy atom. The fourth-order valence-corrected chi connectivity index (χ4v) is 2.98. The van der Waals surface area contributed by atoms with Crippen molar-refractivity contribution in [1.82, 2.24) is 5.32 Å². The van der Waals surface area contributed by atoms with Crippen molar-refractivity contribution in [3.63, 3.8) is 0 Å². The molecule has 0 aromatic heterocycles. The van der Waals surface area contributed by atoms with Crippen molar-refractivity contribution in [2.24, 2.45) is 0 Å². The Bertz CT molecular complexity index is 828. The quantitative estimate of drug-likeness (QED) is 0.877. The van der Waals surface area contributed by atoms with Crippen molar-refractivity contribution in [2.45, 2.75) is 19.4 Å². The van der Waals surface area contributed by atoms with Gasteiger partial charge in [0.15, 0.2) is 0 Å². The van der Waals surface area contributed by atoms with Crippen LogP contribution in [0.15, 0.2) is 42.5 Å². The van der Waals surface area contributed by atoms with Gasteiger partial charge in [0.2, 0.25) is 5.91 Å². The Morgan fingerprint density at radius 3 is 2.76 bits per heavy atom. The molecule has 1 aliphatic rings. The average molecular weight is 362 g/mol. The largest absolute Gasteiger partial charge is 0.326 e. The minimum atomic E-state index is -0.706. The van der Waals surface area contributed by atoms with E-state index in [1.54, 1.807) is 11.8 Å². The fraction of sp³-hybridized carbons (Fsp3) is 0.222. The molecule has 2 N–H and O–H groups in total. The predicted octanol–water partition coefficient (Wildman–Crippen LogP) is 3.58. The molecule has 2 aromatic carbocycles. The number of hydrogen-bond acceptors (Lipinski definition) is 2. The van der Waals surface area contributed by atoms with Gasteiger partial charge in [0.05, 0.1) is 5.02 Å². The molecule has 2 aromatic rings. The van der Waals surface area contributed by atoms with E-state index < -0.39 is 17.9 Å². The SMILES string of the molecule is CC(NC(=O)Nc1ccc(F)c(Cl)c1)C(=O)N1CCc2ccccc21. The Labute approximate surface area is 149 Å². The highest BCUT2D eigenvalue weighted by atomic mass is 35.5. The average Bonchev–Trinajstić information content (AvgIpc) is 3.01. The van der Waals surface area contributed by atoms with E-state index in [4.69, 9.17) is 11.6 Å². The van der Waals surface area contributed by atoms with Gasteiger partial charge in [0.25, 0.3) is 0 Å². The highest BCUT2D eigenvalue weighted by molar-refractivity contribution is 6.31. The lowest BCUT2D eigenvalue weighted by Crippen LogP contribution is -2.47. The molecule has 130 valence electrons. The van der Waals surface area contributed by atoms with Gasteiger partial charge in [0, 0.05) is 17.9 Å². The van der Waals surface area contributed by atoms with Crippen LogP contribution in [0.2, 0.25) is 5.02 Å². The lowest BCUT2D eigenvalue weighted by atomic mass is 10.2. The van der Waals surface area contributed by atoms with Gasteiger partial charge in [-0.1, -0.05) is 29.8 Å². The van der Waals surface area contributed by atoms with Crippen molar-refractivity contribution in [3.8, 4) is 0 Å². The van der Waals surface area contributed by atoms with Gasteiger partial charge in [0.1, 0.15) is 11.9 Å². The summed E-state index contributed by atoms with van der Waals surface area (Å²) in [5.41, 5.74) is 2.34. The second kappa shape index (κ2) is 7.11. The number of amides is 3. The van der Waals surface area contributed by atoms with E-state index in [-0.39, 0.29) is 10.9 Å². The molecule has 0 fully saturated rings. The molecule has 1 unspecified atom stereocenters. The number of carbonyl (C=O) groups excluding carboxylic acids is 2. The predicted molar refractivity (Wildman–Crippen MR) is 95.5 cm³/mol. The summed E-state index contributed by atoms with van der Waals surface area (Å²) in [5, 5.41) is 5.04. The number of benzene rings is 2. The second-order valence-electron chi connectivity index (χ2n) is 5.82. The standard InChI is InChI=1S/C18H17ClFN3O2/c1-11(17(24)23-9-8-12-4-2-3-5-16(12)23)21-18(25)22-13-6-7-15(20)14(19)10-13/h2-7,10-11H,8-9H2,1H3,(H2,21,22,25). The monoisotopic (exact) mass is 361 g/mol. The molecule has 25 heavy (non-hydrogen) atoms. The summed E-state index contributed by atoms with van der Waals surface area (Å²) in [4.78, 5) is 26.3. The topological polar surface area (TPSA) is 61.4 Å². The van der Waals surface area contributed by atoms with Crippen molar-refractivity contribution >= 4 is 34.9 Å². The van der Waals surface area contributed by atoms with E-state index in [2.05, 4.69) is 10.6 Å². The van der Waals surface area contributed by atoms with Gasteiger partial charge >= 0.3 is 6.03 Å². The van der Waals surface area contributed by atoms with Crippen LogP contribution in [0.1, 0.15) is 12.5 Å². The number of hydrogen-bond donors (Lipinski definition) is 2. The number of halogens is 2. The van der Waals surface area contributed by atoms with Crippen molar-refractivity contribution in [3.05, 3.63) is 58.9 Å². The summed E-state index contributed by atoms with van der Waals surface area (Å²) in [6, 6.07) is 10.3. The van der Waals surface area contributed by atoms with E-state index in [1.165, 1.54) is 12.1 Å². The highest BCUT2D eigenvalue weighted by Gasteiger charge is 2.28. The maximum Gasteiger partial charge on any atom is 0.319 e. The first kappa shape index (κ1) is 17.2. The van der Waals surface area contributed by atoms with Gasteiger partial charge in [-0.05, 0) is 43.2 Å². The third kappa shape index (κ3) is 3.74.